The molecule has 0 saturated carbocycles. The number of hydrogen-bond acceptors (Lipinski definition) is 3. The molecular weight excluding hydrogens is 236 g/mol. The first-order valence-corrected chi connectivity index (χ1v) is 8.25. The Balaban J connectivity index is 1.60. The third kappa shape index (κ3) is 5.05. The van der Waals surface area contributed by atoms with Gasteiger partial charge in [-0.1, -0.05) is 27.2 Å². The lowest BCUT2D eigenvalue weighted by molar-refractivity contribution is 0.0267. The number of likely N-dealkylation sites (tertiary alicyclic amines) is 1. The molecule has 2 heterocycles. The van der Waals surface area contributed by atoms with Crippen LogP contribution in [0.25, 0.3) is 0 Å². The van der Waals surface area contributed by atoms with Crippen LogP contribution in [-0.2, 0) is 4.74 Å². The van der Waals surface area contributed by atoms with Crippen LogP contribution in [0.1, 0.15) is 46.5 Å². The minimum atomic E-state index is 0.452. The topological polar surface area (TPSA) is 24.5 Å². The van der Waals surface area contributed by atoms with Crippen LogP contribution < -0.4 is 5.32 Å². The van der Waals surface area contributed by atoms with Gasteiger partial charge in [-0.05, 0) is 44.2 Å². The zero-order valence-corrected chi connectivity index (χ0v) is 13.0. The van der Waals surface area contributed by atoms with Crippen molar-refractivity contribution in [3.05, 3.63) is 0 Å². The Bertz CT molecular complexity index is 257. The molecule has 3 atom stereocenters. The van der Waals surface area contributed by atoms with Crippen LogP contribution in [0, 0.1) is 11.8 Å². The number of nitrogens with zero attached hydrogens (tertiary/aromatic N) is 1. The van der Waals surface area contributed by atoms with Gasteiger partial charge in [0.15, 0.2) is 0 Å². The van der Waals surface area contributed by atoms with E-state index in [1.807, 2.05) is 0 Å². The van der Waals surface area contributed by atoms with Crippen LogP contribution in [0.2, 0.25) is 0 Å². The Hall–Kier alpha value is -0.120. The van der Waals surface area contributed by atoms with E-state index in [0.29, 0.717) is 12.2 Å². The van der Waals surface area contributed by atoms with Crippen molar-refractivity contribution in [2.45, 2.75) is 58.7 Å². The number of nitrogens with one attached hydrogen (secondary N) is 1. The first-order valence-electron chi connectivity index (χ1n) is 8.25. The maximum Gasteiger partial charge on any atom is 0.0707 e. The highest BCUT2D eigenvalue weighted by Gasteiger charge is 2.29. The summed E-state index contributed by atoms with van der Waals surface area (Å²) in [5.41, 5.74) is 0. The highest BCUT2D eigenvalue weighted by Crippen LogP contribution is 2.24. The number of hydrogen-bond donors (Lipinski definition) is 1. The summed E-state index contributed by atoms with van der Waals surface area (Å²) in [6.07, 6.45) is 6.16. The second-order valence-electron chi connectivity index (χ2n) is 6.83. The van der Waals surface area contributed by atoms with Gasteiger partial charge in [0, 0.05) is 19.6 Å². The van der Waals surface area contributed by atoms with E-state index < -0.39 is 0 Å². The Kier molecular flexibility index (Phi) is 6.11. The Labute approximate surface area is 119 Å². The van der Waals surface area contributed by atoms with E-state index in [1.165, 1.54) is 38.8 Å². The first kappa shape index (κ1) is 15.3. The zero-order valence-electron chi connectivity index (χ0n) is 13.0. The summed E-state index contributed by atoms with van der Waals surface area (Å²) in [4.78, 5) is 2.61. The van der Waals surface area contributed by atoms with Gasteiger partial charge < -0.3 is 15.0 Å². The lowest BCUT2D eigenvalue weighted by Gasteiger charge is -2.21. The summed E-state index contributed by atoms with van der Waals surface area (Å²) in [6.45, 7) is 12.7. The van der Waals surface area contributed by atoms with Gasteiger partial charge in [0.2, 0.25) is 0 Å². The van der Waals surface area contributed by atoms with Crippen LogP contribution in [0.3, 0.4) is 0 Å². The van der Waals surface area contributed by atoms with Gasteiger partial charge in [0.25, 0.3) is 0 Å². The minimum absolute atomic E-state index is 0.452. The Morgan fingerprint density at radius 2 is 2.00 bits per heavy atom. The van der Waals surface area contributed by atoms with Crippen molar-refractivity contribution in [1.29, 1.82) is 0 Å². The zero-order chi connectivity index (χ0) is 13.7. The SMILES string of the molecule is CCC1CCN(CC2CCC(CNCC(C)C)O2)C1. The van der Waals surface area contributed by atoms with Crippen molar-refractivity contribution in [1.82, 2.24) is 10.2 Å². The summed E-state index contributed by atoms with van der Waals surface area (Å²) in [6, 6.07) is 0. The molecule has 0 bridgehead atoms. The molecule has 0 aliphatic carbocycles. The molecule has 3 unspecified atom stereocenters. The van der Waals surface area contributed by atoms with Gasteiger partial charge in [-0.25, -0.2) is 0 Å². The fourth-order valence-corrected chi connectivity index (χ4v) is 3.30. The predicted molar refractivity (Wildman–Crippen MR) is 80.4 cm³/mol. The molecule has 0 aromatic heterocycles. The van der Waals surface area contributed by atoms with Gasteiger partial charge in [0.05, 0.1) is 12.2 Å². The molecule has 19 heavy (non-hydrogen) atoms. The van der Waals surface area contributed by atoms with E-state index in [4.69, 9.17) is 4.74 Å². The maximum absolute atomic E-state index is 6.17. The molecule has 2 rings (SSSR count). The third-order valence-corrected chi connectivity index (χ3v) is 4.53. The standard InChI is InChI=1S/C16H32N2O/c1-4-14-7-8-18(11-14)12-16-6-5-15(19-16)10-17-9-13(2)3/h13-17H,4-12H2,1-3H3. The fraction of sp³-hybridized carbons (Fsp3) is 1.00. The molecule has 3 nitrogen and oxygen atoms in total. The van der Waals surface area contributed by atoms with Gasteiger partial charge in [-0.2, -0.15) is 0 Å². The average molecular weight is 268 g/mol. The second kappa shape index (κ2) is 7.61. The van der Waals surface area contributed by atoms with E-state index in [2.05, 4.69) is 31.0 Å². The van der Waals surface area contributed by atoms with E-state index in [0.717, 1.165) is 31.5 Å². The van der Waals surface area contributed by atoms with Crippen molar-refractivity contribution in [3.63, 3.8) is 0 Å². The second-order valence-corrected chi connectivity index (χ2v) is 6.83. The largest absolute Gasteiger partial charge is 0.372 e. The molecule has 3 heteroatoms. The lowest BCUT2D eigenvalue weighted by atomic mass is 10.1. The van der Waals surface area contributed by atoms with Crippen molar-refractivity contribution < 1.29 is 4.74 Å². The summed E-state index contributed by atoms with van der Waals surface area (Å²) < 4.78 is 6.17. The number of ether oxygens (including phenoxy) is 1. The summed E-state index contributed by atoms with van der Waals surface area (Å²) in [7, 11) is 0. The molecule has 0 radical (unpaired) electrons. The lowest BCUT2D eigenvalue weighted by Crippen LogP contribution is -2.33. The molecule has 0 spiro atoms. The summed E-state index contributed by atoms with van der Waals surface area (Å²) in [5, 5.41) is 3.52. The third-order valence-electron chi connectivity index (χ3n) is 4.53. The van der Waals surface area contributed by atoms with Crippen molar-refractivity contribution >= 4 is 0 Å². The molecule has 0 aromatic rings. The van der Waals surface area contributed by atoms with E-state index in [9.17, 15) is 0 Å². The summed E-state index contributed by atoms with van der Waals surface area (Å²) >= 11 is 0. The Morgan fingerprint density at radius 1 is 1.21 bits per heavy atom. The molecule has 2 aliphatic rings. The smallest absolute Gasteiger partial charge is 0.0707 e. The van der Waals surface area contributed by atoms with Crippen molar-refractivity contribution in [2.24, 2.45) is 11.8 Å². The van der Waals surface area contributed by atoms with Gasteiger partial charge in [-0.15, -0.1) is 0 Å². The maximum atomic E-state index is 6.17. The highest BCUT2D eigenvalue weighted by molar-refractivity contribution is 4.81. The minimum Gasteiger partial charge on any atom is -0.372 e. The van der Waals surface area contributed by atoms with E-state index in [-0.39, 0.29) is 0 Å². The molecule has 1 N–H and O–H groups in total. The van der Waals surface area contributed by atoms with Gasteiger partial charge in [0.1, 0.15) is 0 Å². The molecular formula is C16H32N2O. The average Bonchev–Trinajstić information content (AvgIpc) is 2.99. The van der Waals surface area contributed by atoms with Crippen LogP contribution in [0.5, 0.6) is 0 Å². The molecule has 112 valence electrons. The number of rotatable bonds is 7. The predicted octanol–water partition coefficient (Wildman–Crippen LogP) is 2.51. The molecule has 2 saturated heterocycles. The fourth-order valence-electron chi connectivity index (χ4n) is 3.30. The quantitative estimate of drug-likeness (QED) is 0.768. The molecule has 2 aliphatic heterocycles. The van der Waals surface area contributed by atoms with E-state index >= 15 is 0 Å². The highest BCUT2D eigenvalue weighted by atomic mass is 16.5. The van der Waals surface area contributed by atoms with Crippen molar-refractivity contribution in [2.75, 3.05) is 32.7 Å². The molecule has 2 fully saturated rings. The van der Waals surface area contributed by atoms with Crippen LogP contribution in [0.15, 0.2) is 0 Å². The van der Waals surface area contributed by atoms with Crippen LogP contribution in [0.4, 0.5) is 0 Å². The molecule has 0 aromatic carbocycles. The van der Waals surface area contributed by atoms with Crippen LogP contribution >= 0.6 is 0 Å². The van der Waals surface area contributed by atoms with Crippen LogP contribution in [-0.4, -0.2) is 49.8 Å². The van der Waals surface area contributed by atoms with E-state index in [1.54, 1.807) is 0 Å². The van der Waals surface area contributed by atoms with Gasteiger partial charge >= 0.3 is 0 Å². The first-order chi connectivity index (χ1) is 9.17. The summed E-state index contributed by atoms with van der Waals surface area (Å²) in [5.74, 6) is 1.66. The Morgan fingerprint density at radius 3 is 2.68 bits per heavy atom. The monoisotopic (exact) mass is 268 g/mol. The van der Waals surface area contributed by atoms with Crippen molar-refractivity contribution in [3.8, 4) is 0 Å². The normalized spacial score (nSPS) is 32.5. The molecule has 0 amide bonds. The van der Waals surface area contributed by atoms with Gasteiger partial charge in [-0.3, -0.25) is 0 Å².